The molecule has 1 heterocycles. The first-order chi connectivity index (χ1) is 11.6. The summed E-state index contributed by atoms with van der Waals surface area (Å²) in [5.41, 5.74) is 0.352. The average molecular weight is 328 g/mol. The zero-order valence-corrected chi connectivity index (χ0v) is 13.5. The molecule has 3 aromatic rings. The van der Waals surface area contributed by atoms with Gasteiger partial charge in [-0.2, -0.15) is 0 Å². The Kier molecular flexibility index (Phi) is 4.04. The Morgan fingerprint density at radius 2 is 1.62 bits per heavy atom. The number of hydrogen-bond donors (Lipinski definition) is 1. The molecule has 0 bridgehead atoms. The lowest BCUT2D eigenvalue weighted by molar-refractivity contribution is 0.394. The minimum Gasteiger partial charge on any atom is -0.507 e. The van der Waals surface area contributed by atoms with Crippen LogP contribution >= 0.6 is 0 Å². The SMILES string of the molecule is COc1cc(O)c2c(=O)cc(-c3c(OC)cccc3OC)oc2c1. The van der Waals surface area contributed by atoms with Gasteiger partial charge in [0.15, 0.2) is 5.43 Å². The van der Waals surface area contributed by atoms with E-state index < -0.39 is 0 Å². The van der Waals surface area contributed by atoms with Gasteiger partial charge in [-0.15, -0.1) is 0 Å². The van der Waals surface area contributed by atoms with Crippen LogP contribution in [0.25, 0.3) is 22.3 Å². The Bertz CT molecular complexity index is 935. The van der Waals surface area contributed by atoms with Crippen LogP contribution in [0.1, 0.15) is 0 Å². The number of aromatic hydroxyl groups is 1. The largest absolute Gasteiger partial charge is 0.507 e. The van der Waals surface area contributed by atoms with Crippen molar-refractivity contribution in [3.05, 3.63) is 46.6 Å². The van der Waals surface area contributed by atoms with E-state index in [0.29, 0.717) is 22.8 Å². The van der Waals surface area contributed by atoms with Crippen molar-refractivity contribution in [2.45, 2.75) is 0 Å². The van der Waals surface area contributed by atoms with Crippen molar-refractivity contribution >= 4 is 11.0 Å². The summed E-state index contributed by atoms with van der Waals surface area (Å²) in [4.78, 5) is 12.5. The van der Waals surface area contributed by atoms with Crippen LogP contribution in [0.15, 0.2) is 45.6 Å². The molecule has 124 valence electrons. The maximum atomic E-state index is 12.5. The van der Waals surface area contributed by atoms with Gasteiger partial charge in [-0.3, -0.25) is 4.79 Å². The van der Waals surface area contributed by atoms with Gasteiger partial charge in [-0.05, 0) is 12.1 Å². The molecule has 0 unspecified atom stereocenters. The molecule has 3 rings (SSSR count). The number of hydrogen-bond acceptors (Lipinski definition) is 6. The molecule has 0 aliphatic heterocycles. The highest BCUT2D eigenvalue weighted by atomic mass is 16.5. The van der Waals surface area contributed by atoms with Gasteiger partial charge in [-0.25, -0.2) is 0 Å². The monoisotopic (exact) mass is 328 g/mol. The first kappa shape index (κ1) is 15.7. The second-order valence-electron chi connectivity index (χ2n) is 5.03. The van der Waals surface area contributed by atoms with Crippen molar-refractivity contribution < 1.29 is 23.7 Å². The van der Waals surface area contributed by atoms with Crippen molar-refractivity contribution in [1.82, 2.24) is 0 Å². The molecular formula is C18H16O6. The standard InChI is InChI=1S/C18H16O6/c1-21-10-7-11(19)17-12(20)9-16(24-15(17)8-10)18-13(22-2)5-4-6-14(18)23-3/h4-9,19H,1-3H3. The Balaban J connectivity index is 2.35. The molecule has 6 nitrogen and oxygen atoms in total. The van der Waals surface area contributed by atoms with Gasteiger partial charge in [0.2, 0.25) is 0 Å². The Morgan fingerprint density at radius 3 is 2.21 bits per heavy atom. The maximum absolute atomic E-state index is 12.5. The lowest BCUT2D eigenvalue weighted by atomic mass is 10.1. The lowest BCUT2D eigenvalue weighted by Crippen LogP contribution is -2.02. The first-order valence-electron chi connectivity index (χ1n) is 7.15. The number of benzene rings is 2. The number of ether oxygens (including phenoxy) is 3. The molecule has 0 fully saturated rings. The van der Waals surface area contributed by atoms with Crippen LogP contribution in [0, 0.1) is 0 Å². The molecule has 24 heavy (non-hydrogen) atoms. The van der Waals surface area contributed by atoms with E-state index in [2.05, 4.69) is 0 Å². The smallest absolute Gasteiger partial charge is 0.197 e. The number of rotatable bonds is 4. The third kappa shape index (κ3) is 2.52. The second kappa shape index (κ2) is 6.16. The van der Waals surface area contributed by atoms with E-state index in [1.165, 1.54) is 33.5 Å². The van der Waals surface area contributed by atoms with Gasteiger partial charge >= 0.3 is 0 Å². The highest BCUT2D eigenvalue weighted by Gasteiger charge is 2.18. The van der Waals surface area contributed by atoms with E-state index in [0.717, 1.165) is 0 Å². The highest BCUT2D eigenvalue weighted by Crippen LogP contribution is 2.39. The van der Waals surface area contributed by atoms with Gasteiger partial charge in [0.05, 0.1) is 21.3 Å². The summed E-state index contributed by atoms with van der Waals surface area (Å²) in [6.45, 7) is 0. The summed E-state index contributed by atoms with van der Waals surface area (Å²) in [5, 5.41) is 10.1. The zero-order valence-electron chi connectivity index (χ0n) is 13.5. The van der Waals surface area contributed by atoms with E-state index in [4.69, 9.17) is 18.6 Å². The van der Waals surface area contributed by atoms with Gasteiger partial charge in [0, 0.05) is 18.2 Å². The maximum Gasteiger partial charge on any atom is 0.197 e. The van der Waals surface area contributed by atoms with Crippen LogP contribution in [0.2, 0.25) is 0 Å². The highest BCUT2D eigenvalue weighted by molar-refractivity contribution is 5.87. The third-order valence-electron chi connectivity index (χ3n) is 3.69. The summed E-state index contributed by atoms with van der Waals surface area (Å²) in [6.07, 6.45) is 0. The molecule has 2 aromatic carbocycles. The molecule has 0 atom stereocenters. The van der Waals surface area contributed by atoms with Crippen molar-refractivity contribution in [2.75, 3.05) is 21.3 Å². The first-order valence-corrected chi connectivity index (χ1v) is 7.15. The molecule has 6 heteroatoms. The van der Waals surface area contributed by atoms with Crippen LogP contribution in [0.4, 0.5) is 0 Å². The summed E-state index contributed by atoms with van der Waals surface area (Å²) < 4.78 is 21.6. The Morgan fingerprint density at radius 1 is 0.958 bits per heavy atom. The molecule has 0 radical (unpaired) electrons. The molecule has 0 saturated carbocycles. The van der Waals surface area contributed by atoms with E-state index in [-0.39, 0.29) is 27.9 Å². The number of methoxy groups -OCH3 is 3. The molecule has 1 aromatic heterocycles. The summed E-state index contributed by atoms with van der Waals surface area (Å²) in [7, 11) is 4.50. The fourth-order valence-corrected chi connectivity index (χ4v) is 2.58. The number of phenolic OH excluding ortho intramolecular Hbond substituents is 1. The Labute approximate surface area is 137 Å². The summed E-state index contributed by atoms with van der Waals surface area (Å²) >= 11 is 0. The molecule has 0 aliphatic rings. The molecule has 0 amide bonds. The molecular weight excluding hydrogens is 312 g/mol. The second-order valence-corrected chi connectivity index (χ2v) is 5.03. The number of phenols is 1. The van der Waals surface area contributed by atoms with Crippen molar-refractivity contribution in [3.63, 3.8) is 0 Å². The van der Waals surface area contributed by atoms with Crippen molar-refractivity contribution in [2.24, 2.45) is 0 Å². The van der Waals surface area contributed by atoms with Crippen LogP contribution in [0.3, 0.4) is 0 Å². The van der Waals surface area contributed by atoms with E-state index in [9.17, 15) is 9.90 Å². The normalized spacial score (nSPS) is 10.6. The summed E-state index contributed by atoms with van der Waals surface area (Å²) in [6, 6.07) is 9.46. The molecule has 0 saturated heterocycles. The fraction of sp³-hybridized carbons (Fsp3) is 0.167. The van der Waals surface area contributed by atoms with Crippen LogP contribution in [-0.4, -0.2) is 26.4 Å². The van der Waals surface area contributed by atoms with Gasteiger partial charge in [0.1, 0.15) is 45.3 Å². The van der Waals surface area contributed by atoms with Gasteiger partial charge < -0.3 is 23.7 Å². The fourth-order valence-electron chi connectivity index (χ4n) is 2.58. The van der Waals surface area contributed by atoms with Crippen molar-refractivity contribution in [1.29, 1.82) is 0 Å². The zero-order chi connectivity index (χ0) is 17.3. The molecule has 1 N–H and O–H groups in total. The topological polar surface area (TPSA) is 78.1 Å². The minimum absolute atomic E-state index is 0.0911. The van der Waals surface area contributed by atoms with E-state index in [1.807, 2.05) is 0 Å². The van der Waals surface area contributed by atoms with Crippen LogP contribution < -0.4 is 19.6 Å². The summed E-state index contributed by atoms with van der Waals surface area (Å²) in [5.74, 6) is 1.46. The van der Waals surface area contributed by atoms with Crippen molar-refractivity contribution in [3.8, 4) is 34.3 Å². The van der Waals surface area contributed by atoms with Crippen LogP contribution in [-0.2, 0) is 0 Å². The average Bonchev–Trinajstić information content (AvgIpc) is 2.59. The Hall–Kier alpha value is -3.15. The van der Waals surface area contributed by atoms with Gasteiger partial charge in [-0.1, -0.05) is 6.07 Å². The predicted octanol–water partition coefficient (Wildman–Crippen LogP) is 3.19. The third-order valence-corrected chi connectivity index (χ3v) is 3.69. The lowest BCUT2D eigenvalue weighted by Gasteiger charge is -2.13. The van der Waals surface area contributed by atoms with E-state index in [1.54, 1.807) is 24.3 Å². The minimum atomic E-state index is -0.376. The predicted molar refractivity (Wildman–Crippen MR) is 89.2 cm³/mol. The van der Waals surface area contributed by atoms with E-state index >= 15 is 0 Å². The number of fused-ring (bicyclic) bond motifs is 1. The van der Waals surface area contributed by atoms with Gasteiger partial charge in [0.25, 0.3) is 0 Å². The molecule has 0 aliphatic carbocycles. The quantitative estimate of drug-likeness (QED) is 0.792. The van der Waals surface area contributed by atoms with Crippen LogP contribution in [0.5, 0.6) is 23.0 Å². The molecule has 0 spiro atoms.